The van der Waals surface area contributed by atoms with Crippen molar-refractivity contribution in [3.8, 4) is 16.5 Å². The summed E-state index contributed by atoms with van der Waals surface area (Å²) in [6.45, 7) is 2.30. The summed E-state index contributed by atoms with van der Waals surface area (Å²) in [4.78, 5) is 19.7. The maximum Gasteiger partial charge on any atom is 0.323 e. The van der Waals surface area contributed by atoms with Crippen molar-refractivity contribution in [3.05, 3.63) is 93.9 Å². The number of nitrogens with zero attached hydrogens (tertiary/aromatic N) is 3. The molecule has 196 valence electrons. The minimum absolute atomic E-state index is 0.278. The highest BCUT2D eigenvalue weighted by Crippen LogP contribution is 2.44. The van der Waals surface area contributed by atoms with Gasteiger partial charge in [0.2, 0.25) is 0 Å². The molecule has 2 aliphatic rings. The summed E-state index contributed by atoms with van der Waals surface area (Å²) >= 11 is 1.80. The van der Waals surface area contributed by atoms with Crippen molar-refractivity contribution in [2.24, 2.45) is 0 Å². The molecule has 1 N–H and O–H groups in total. The van der Waals surface area contributed by atoms with Gasteiger partial charge in [0, 0.05) is 35.8 Å². The number of ether oxygens (including phenoxy) is 2. The van der Waals surface area contributed by atoms with E-state index in [9.17, 15) is 9.18 Å². The maximum atomic E-state index is 14.2. The first-order chi connectivity index (χ1) is 18.5. The van der Waals surface area contributed by atoms with E-state index in [-0.39, 0.29) is 11.8 Å². The molecule has 0 unspecified atom stereocenters. The summed E-state index contributed by atoms with van der Waals surface area (Å²) in [7, 11) is 5.29. The molecule has 0 saturated carbocycles. The van der Waals surface area contributed by atoms with Gasteiger partial charge in [-0.1, -0.05) is 12.1 Å². The van der Waals surface area contributed by atoms with Gasteiger partial charge in [-0.25, -0.2) is 9.18 Å². The van der Waals surface area contributed by atoms with E-state index in [0.29, 0.717) is 23.7 Å². The van der Waals surface area contributed by atoms with Crippen molar-refractivity contribution in [1.82, 2.24) is 14.4 Å². The number of hydrogen-bond acceptors (Lipinski definition) is 5. The van der Waals surface area contributed by atoms with E-state index in [0.717, 1.165) is 35.8 Å². The molecule has 38 heavy (non-hydrogen) atoms. The quantitative estimate of drug-likeness (QED) is 0.360. The molecule has 4 heterocycles. The fourth-order valence-corrected chi connectivity index (χ4v) is 6.89. The molecular weight excluding hydrogens is 503 g/mol. The lowest BCUT2D eigenvalue weighted by molar-refractivity contribution is 0.194. The number of carbonyl (C=O) groups is 1. The lowest BCUT2D eigenvalue weighted by Crippen LogP contribution is -2.38. The summed E-state index contributed by atoms with van der Waals surface area (Å²) in [5.74, 6) is 0.832. The Bertz CT molecular complexity index is 1500. The van der Waals surface area contributed by atoms with Gasteiger partial charge in [0.05, 0.1) is 38.2 Å². The number of rotatable bonds is 4. The van der Waals surface area contributed by atoms with Crippen LogP contribution >= 0.6 is 11.3 Å². The van der Waals surface area contributed by atoms with Crippen LogP contribution in [0.25, 0.3) is 5.00 Å². The van der Waals surface area contributed by atoms with Gasteiger partial charge in [0.15, 0.2) is 0 Å². The van der Waals surface area contributed by atoms with Crippen LogP contribution in [0.1, 0.15) is 33.3 Å². The SMILES string of the molecule is COc1ccc(OC)c(NC(=O)N2Cc3c(sc4c3CCN(C)C4)-n3cccc3[C@H]2c2ccc(F)cc2)c1. The smallest absolute Gasteiger partial charge is 0.323 e. The van der Waals surface area contributed by atoms with Crippen LogP contribution in [0.15, 0.2) is 60.8 Å². The normalized spacial score (nSPS) is 16.7. The Balaban J connectivity index is 1.48. The molecule has 0 aliphatic carbocycles. The molecule has 2 aliphatic heterocycles. The van der Waals surface area contributed by atoms with Crippen molar-refractivity contribution in [2.45, 2.75) is 25.6 Å². The maximum absolute atomic E-state index is 14.2. The monoisotopic (exact) mass is 532 g/mol. The van der Waals surface area contributed by atoms with Crippen LogP contribution < -0.4 is 14.8 Å². The molecule has 2 aromatic heterocycles. The molecule has 6 rings (SSSR count). The van der Waals surface area contributed by atoms with Crippen molar-refractivity contribution in [2.75, 3.05) is 33.1 Å². The van der Waals surface area contributed by atoms with E-state index in [1.807, 2.05) is 17.0 Å². The van der Waals surface area contributed by atoms with Crippen molar-refractivity contribution >= 4 is 23.1 Å². The van der Waals surface area contributed by atoms with Gasteiger partial charge in [-0.05, 0) is 61.0 Å². The topological polar surface area (TPSA) is 59.0 Å². The summed E-state index contributed by atoms with van der Waals surface area (Å²) in [6.07, 6.45) is 3.00. The van der Waals surface area contributed by atoms with Gasteiger partial charge < -0.3 is 29.2 Å². The molecule has 0 radical (unpaired) electrons. The Morgan fingerprint density at radius 1 is 1.05 bits per heavy atom. The van der Waals surface area contributed by atoms with Crippen LogP contribution in [-0.4, -0.2) is 48.2 Å². The molecule has 9 heteroatoms. The summed E-state index contributed by atoms with van der Waals surface area (Å²) in [5, 5.41) is 4.22. The molecule has 0 saturated heterocycles. The lowest BCUT2D eigenvalue weighted by Gasteiger charge is -2.32. The zero-order valence-electron chi connectivity index (χ0n) is 21.5. The van der Waals surface area contributed by atoms with Crippen molar-refractivity contribution < 1.29 is 18.7 Å². The van der Waals surface area contributed by atoms with Crippen molar-refractivity contribution in [3.63, 3.8) is 0 Å². The van der Waals surface area contributed by atoms with E-state index in [1.54, 1.807) is 55.9 Å². The third-order valence-electron chi connectivity index (χ3n) is 7.35. The molecule has 1 atom stereocenters. The van der Waals surface area contributed by atoms with E-state index in [2.05, 4.69) is 28.0 Å². The largest absolute Gasteiger partial charge is 0.497 e. The number of fused-ring (bicyclic) bond motifs is 5. The first kappa shape index (κ1) is 24.5. The van der Waals surface area contributed by atoms with Crippen molar-refractivity contribution in [1.29, 1.82) is 0 Å². The first-order valence-corrected chi connectivity index (χ1v) is 13.3. The minimum Gasteiger partial charge on any atom is -0.497 e. The number of aromatic nitrogens is 1. The number of likely N-dealkylation sites (N-methyl/N-ethyl adjacent to an activating group) is 1. The second kappa shape index (κ2) is 9.81. The van der Waals surface area contributed by atoms with E-state index < -0.39 is 6.04 Å². The van der Waals surface area contributed by atoms with Gasteiger partial charge in [-0.15, -0.1) is 11.3 Å². The number of amides is 2. The summed E-state index contributed by atoms with van der Waals surface area (Å²) in [6, 6.07) is 15.1. The molecule has 2 aromatic carbocycles. The zero-order valence-corrected chi connectivity index (χ0v) is 22.3. The van der Waals surface area contributed by atoms with E-state index >= 15 is 0 Å². The van der Waals surface area contributed by atoms with Crippen LogP contribution in [-0.2, 0) is 19.5 Å². The number of carbonyl (C=O) groups excluding carboxylic acids is 1. The number of methoxy groups -OCH3 is 2. The third-order valence-corrected chi connectivity index (χ3v) is 8.61. The van der Waals surface area contributed by atoms with Gasteiger partial charge in [0.1, 0.15) is 22.3 Å². The molecule has 0 bridgehead atoms. The Morgan fingerprint density at radius 3 is 2.63 bits per heavy atom. The fourth-order valence-electron chi connectivity index (χ4n) is 5.45. The molecule has 2 amide bonds. The number of benzene rings is 2. The van der Waals surface area contributed by atoms with E-state index in [4.69, 9.17) is 9.47 Å². The van der Waals surface area contributed by atoms with Gasteiger partial charge in [0.25, 0.3) is 0 Å². The summed E-state index contributed by atoms with van der Waals surface area (Å²) in [5.41, 5.74) is 4.81. The number of nitrogens with one attached hydrogen (secondary N) is 1. The zero-order chi connectivity index (χ0) is 26.4. The Morgan fingerprint density at radius 2 is 1.87 bits per heavy atom. The fraction of sp³-hybridized carbons (Fsp3) is 0.276. The third kappa shape index (κ3) is 4.21. The second-order valence-corrected chi connectivity index (χ2v) is 10.7. The number of anilines is 1. The molecule has 0 fully saturated rings. The Labute approximate surface area is 225 Å². The number of thiophene rings is 1. The number of hydrogen-bond donors (Lipinski definition) is 1. The van der Waals surface area contributed by atoms with Gasteiger partial charge >= 0.3 is 6.03 Å². The van der Waals surface area contributed by atoms with Crippen LogP contribution in [0.3, 0.4) is 0 Å². The Hall–Kier alpha value is -3.82. The van der Waals surface area contributed by atoms with Crippen LogP contribution in [0.5, 0.6) is 11.5 Å². The van der Waals surface area contributed by atoms with Crippen LogP contribution in [0, 0.1) is 5.82 Å². The minimum atomic E-state index is -0.427. The molecular formula is C29H29FN4O3S. The highest BCUT2D eigenvalue weighted by atomic mass is 32.1. The molecule has 4 aromatic rings. The highest BCUT2D eigenvalue weighted by molar-refractivity contribution is 7.15. The van der Waals surface area contributed by atoms with E-state index in [1.165, 1.54) is 28.1 Å². The van der Waals surface area contributed by atoms with Gasteiger partial charge in [-0.2, -0.15) is 0 Å². The predicted molar refractivity (Wildman–Crippen MR) is 146 cm³/mol. The lowest BCUT2D eigenvalue weighted by atomic mass is 10.0. The average Bonchev–Trinajstić information content (AvgIpc) is 3.50. The number of halogens is 1. The highest BCUT2D eigenvalue weighted by Gasteiger charge is 2.36. The van der Waals surface area contributed by atoms with Crippen LogP contribution in [0.2, 0.25) is 0 Å². The van der Waals surface area contributed by atoms with Gasteiger partial charge in [-0.3, -0.25) is 0 Å². The molecule has 7 nitrogen and oxygen atoms in total. The Kier molecular flexibility index (Phi) is 6.33. The average molecular weight is 533 g/mol. The predicted octanol–water partition coefficient (Wildman–Crippen LogP) is 5.82. The van der Waals surface area contributed by atoms with Crippen LogP contribution in [0.4, 0.5) is 14.9 Å². The first-order valence-electron chi connectivity index (χ1n) is 12.5. The summed E-state index contributed by atoms with van der Waals surface area (Å²) < 4.78 is 27.0. The molecule has 0 spiro atoms. The second-order valence-electron chi connectivity index (χ2n) is 9.66. The number of urea groups is 1. The standard InChI is InChI=1S/C29H29FN4O3S/c1-32-14-12-21-22-16-34(29(35)31-23-15-20(36-2)10-11-25(23)37-3)27(18-6-8-19(30)9-7-18)24-5-4-13-33(24)28(22)38-26(21)17-32/h4-11,13,15,27H,12,14,16-17H2,1-3H3,(H,31,35)/t27-/m1/s1.